The molecule has 0 aliphatic rings. The highest BCUT2D eigenvalue weighted by atomic mass is 16.5. The Morgan fingerprint density at radius 3 is 2.22 bits per heavy atom. The molecule has 0 aliphatic carbocycles. The number of amides is 1. The van der Waals surface area contributed by atoms with Gasteiger partial charge < -0.3 is 19.5 Å². The van der Waals surface area contributed by atoms with Gasteiger partial charge in [-0.1, -0.05) is 0 Å². The average molecular weight is 367 g/mol. The summed E-state index contributed by atoms with van der Waals surface area (Å²) < 4.78 is 17.5. The molecule has 0 saturated heterocycles. The SMILES string of the molecule is COc1ccc(NC(=O)c2cc(-c3cc(OC)ccc3OC)n(C)n2)cc1. The third kappa shape index (κ3) is 3.87. The summed E-state index contributed by atoms with van der Waals surface area (Å²) >= 11 is 0. The Kier molecular flexibility index (Phi) is 5.30. The molecule has 0 bridgehead atoms. The number of benzene rings is 2. The summed E-state index contributed by atoms with van der Waals surface area (Å²) in [5.41, 5.74) is 2.49. The first-order chi connectivity index (χ1) is 13.0. The first-order valence-corrected chi connectivity index (χ1v) is 8.27. The number of ether oxygens (including phenoxy) is 3. The molecule has 27 heavy (non-hydrogen) atoms. The number of rotatable bonds is 6. The molecular formula is C20H21N3O4. The van der Waals surface area contributed by atoms with E-state index in [1.54, 1.807) is 63.4 Å². The summed E-state index contributed by atoms with van der Waals surface area (Å²) in [5.74, 6) is 1.78. The van der Waals surface area contributed by atoms with Crippen LogP contribution in [0, 0.1) is 0 Å². The quantitative estimate of drug-likeness (QED) is 0.723. The molecule has 0 unspecified atom stereocenters. The zero-order chi connectivity index (χ0) is 19.4. The van der Waals surface area contributed by atoms with Crippen LogP contribution >= 0.6 is 0 Å². The largest absolute Gasteiger partial charge is 0.497 e. The highest BCUT2D eigenvalue weighted by molar-refractivity contribution is 6.03. The molecule has 0 fully saturated rings. The van der Waals surface area contributed by atoms with Gasteiger partial charge in [-0.15, -0.1) is 0 Å². The summed E-state index contributed by atoms with van der Waals surface area (Å²) in [4.78, 5) is 12.6. The second-order valence-electron chi connectivity index (χ2n) is 5.79. The minimum absolute atomic E-state index is 0.299. The van der Waals surface area contributed by atoms with Gasteiger partial charge in [-0.2, -0.15) is 5.10 Å². The Morgan fingerprint density at radius 2 is 1.59 bits per heavy atom. The molecule has 1 aromatic heterocycles. The molecule has 0 saturated carbocycles. The number of nitrogens with zero attached hydrogens (tertiary/aromatic N) is 2. The summed E-state index contributed by atoms with van der Waals surface area (Å²) in [6.45, 7) is 0. The fraction of sp³-hybridized carbons (Fsp3) is 0.200. The summed E-state index contributed by atoms with van der Waals surface area (Å²) in [6, 6.07) is 14.3. The normalized spacial score (nSPS) is 10.4. The third-order valence-corrected chi connectivity index (χ3v) is 4.14. The third-order valence-electron chi connectivity index (χ3n) is 4.14. The topological polar surface area (TPSA) is 74.6 Å². The second kappa shape index (κ2) is 7.82. The number of aromatic nitrogens is 2. The fourth-order valence-corrected chi connectivity index (χ4v) is 2.71. The van der Waals surface area contributed by atoms with Crippen molar-refractivity contribution >= 4 is 11.6 Å². The molecule has 0 aliphatic heterocycles. The van der Waals surface area contributed by atoms with Crippen molar-refractivity contribution in [2.24, 2.45) is 7.05 Å². The van der Waals surface area contributed by atoms with Crippen LogP contribution in [0.15, 0.2) is 48.5 Å². The van der Waals surface area contributed by atoms with Crippen molar-refractivity contribution in [3.05, 3.63) is 54.2 Å². The van der Waals surface area contributed by atoms with E-state index < -0.39 is 0 Å². The molecule has 0 radical (unpaired) electrons. The van der Waals surface area contributed by atoms with Crippen LogP contribution in [-0.2, 0) is 7.05 Å². The molecule has 2 aromatic carbocycles. The number of anilines is 1. The zero-order valence-electron chi connectivity index (χ0n) is 15.6. The first kappa shape index (κ1) is 18.3. The lowest BCUT2D eigenvalue weighted by atomic mass is 10.1. The van der Waals surface area contributed by atoms with E-state index in [0.717, 1.165) is 17.0 Å². The van der Waals surface area contributed by atoms with Crippen molar-refractivity contribution in [2.45, 2.75) is 0 Å². The predicted molar refractivity (Wildman–Crippen MR) is 103 cm³/mol. The van der Waals surface area contributed by atoms with Crippen LogP contribution in [-0.4, -0.2) is 37.0 Å². The van der Waals surface area contributed by atoms with E-state index in [2.05, 4.69) is 10.4 Å². The van der Waals surface area contributed by atoms with E-state index in [-0.39, 0.29) is 5.91 Å². The molecule has 1 amide bonds. The zero-order valence-corrected chi connectivity index (χ0v) is 15.6. The Labute approximate surface area is 157 Å². The number of carbonyl (C=O) groups is 1. The number of nitrogens with one attached hydrogen (secondary N) is 1. The Morgan fingerprint density at radius 1 is 0.926 bits per heavy atom. The maximum atomic E-state index is 12.6. The minimum atomic E-state index is -0.302. The number of aryl methyl sites for hydroxylation is 1. The van der Waals surface area contributed by atoms with E-state index in [4.69, 9.17) is 14.2 Å². The van der Waals surface area contributed by atoms with Crippen LogP contribution in [0.4, 0.5) is 5.69 Å². The summed E-state index contributed by atoms with van der Waals surface area (Å²) in [6.07, 6.45) is 0. The van der Waals surface area contributed by atoms with Crippen LogP contribution in [0.2, 0.25) is 0 Å². The van der Waals surface area contributed by atoms with Crippen molar-refractivity contribution in [2.75, 3.05) is 26.6 Å². The highest BCUT2D eigenvalue weighted by Gasteiger charge is 2.17. The second-order valence-corrected chi connectivity index (χ2v) is 5.79. The highest BCUT2D eigenvalue weighted by Crippen LogP contribution is 2.33. The number of methoxy groups -OCH3 is 3. The van der Waals surface area contributed by atoms with Crippen molar-refractivity contribution in [1.29, 1.82) is 0 Å². The molecule has 0 atom stereocenters. The molecule has 1 N–H and O–H groups in total. The number of hydrogen-bond donors (Lipinski definition) is 1. The lowest BCUT2D eigenvalue weighted by Crippen LogP contribution is -2.12. The lowest BCUT2D eigenvalue weighted by molar-refractivity contribution is 0.102. The first-order valence-electron chi connectivity index (χ1n) is 8.27. The maximum Gasteiger partial charge on any atom is 0.276 e. The molecule has 7 heteroatoms. The lowest BCUT2D eigenvalue weighted by Gasteiger charge is -2.10. The van der Waals surface area contributed by atoms with E-state index in [1.807, 2.05) is 18.2 Å². The van der Waals surface area contributed by atoms with Gasteiger partial charge in [-0.05, 0) is 48.5 Å². The maximum absolute atomic E-state index is 12.6. The van der Waals surface area contributed by atoms with Crippen molar-refractivity contribution < 1.29 is 19.0 Å². The standard InChI is InChI=1S/C20H21N3O4/c1-23-18(16-11-15(26-3)9-10-19(16)27-4)12-17(22-23)20(24)21-13-5-7-14(25-2)8-6-13/h5-12H,1-4H3,(H,21,24). The number of hydrogen-bond acceptors (Lipinski definition) is 5. The van der Waals surface area contributed by atoms with Gasteiger partial charge in [0.25, 0.3) is 5.91 Å². The molecule has 3 rings (SSSR count). The van der Waals surface area contributed by atoms with Gasteiger partial charge in [0.05, 0.1) is 27.0 Å². The van der Waals surface area contributed by atoms with Gasteiger partial charge in [-0.3, -0.25) is 9.48 Å². The minimum Gasteiger partial charge on any atom is -0.497 e. The van der Waals surface area contributed by atoms with Crippen LogP contribution in [0.3, 0.4) is 0 Å². The van der Waals surface area contributed by atoms with E-state index in [9.17, 15) is 4.79 Å². The van der Waals surface area contributed by atoms with Crippen LogP contribution in [0.1, 0.15) is 10.5 Å². The van der Waals surface area contributed by atoms with Gasteiger partial charge in [0.1, 0.15) is 17.2 Å². The summed E-state index contributed by atoms with van der Waals surface area (Å²) in [7, 11) is 6.57. The predicted octanol–water partition coefficient (Wildman–Crippen LogP) is 3.37. The van der Waals surface area contributed by atoms with E-state index in [0.29, 0.717) is 22.9 Å². The number of carbonyl (C=O) groups excluding carboxylic acids is 1. The molecule has 3 aromatic rings. The van der Waals surface area contributed by atoms with Crippen molar-refractivity contribution in [1.82, 2.24) is 9.78 Å². The van der Waals surface area contributed by atoms with Gasteiger partial charge >= 0.3 is 0 Å². The van der Waals surface area contributed by atoms with E-state index >= 15 is 0 Å². The Balaban J connectivity index is 1.88. The smallest absolute Gasteiger partial charge is 0.276 e. The monoisotopic (exact) mass is 367 g/mol. The van der Waals surface area contributed by atoms with Gasteiger partial charge in [-0.25, -0.2) is 0 Å². The van der Waals surface area contributed by atoms with Crippen LogP contribution in [0.5, 0.6) is 17.2 Å². The fourth-order valence-electron chi connectivity index (χ4n) is 2.71. The molecular weight excluding hydrogens is 346 g/mol. The molecule has 7 nitrogen and oxygen atoms in total. The average Bonchev–Trinajstić information content (AvgIpc) is 3.09. The Bertz CT molecular complexity index is 948. The van der Waals surface area contributed by atoms with Crippen molar-refractivity contribution in [3.63, 3.8) is 0 Å². The molecule has 140 valence electrons. The van der Waals surface area contributed by atoms with Gasteiger partial charge in [0, 0.05) is 18.3 Å². The molecule has 0 spiro atoms. The van der Waals surface area contributed by atoms with Crippen LogP contribution in [0.25, 0.3) is 11.3 Å². The van der Waals surface area contributed by atoms with Crippen LogP contribution < -0.4 is 19.5 Å². The van der Waals surface area contributed by atoms with Gasteiger partial charge in [0.15, 0.2) is 5.69 Å². The van der Waals surface area contributed by atoms with Gasteiger partial charge in [0.2, 0.25) is 0 Å². The molecule has 1 heterocycles. The van der Waals surface area contributed by atoms with E-state index in [1.165, 1.54) is 0 Å². The van der Waals surface area contributed by atoms with Crippen molar-refractivity contribution in [3.8, 4) is 28.5 Å². The Hall–Kier alpha value is -3.48. The summed E-state index contributed by atoms with van der Waals surface area (Å²) in [5, 5.41) is 7.16.